The van der Waals surface area contributed by atoms with Gasteiger partial charge in [-0.2, -0.15) is 5.26 Å². The molecular weight excluding hydrogens is 236 g/mol. The first-order valence-corrected chi connectivity index (χ1v) is 6.14. The summed E-state index contributed by atoms with van der Waals surface area (Å²) in [7, 11) is 1.66. The molecule has 0 saturated carbocycles. The van der Waals surface area contributed by atoms with Crippen LogP contribution in [0.2, 0.25) is 0 Å². The minimum absolute atomic E-state index is 0.143. The summed E-state index contributed by atoms with van der Waals surface area (Å²) >= 11 is 0. The van der Waals surface area contributed by atoms with Crippen molar-refractivity contribution in [2.24, 2.45) is 0 Å². The second kappa shape index (κ2) is 5.92. The summed E-state index contributed by atoms with van der Waals surface area (Å²) in [6, 6.07) is 17.7. The lowest BCUT2D eigenvalue weighted by Crippen LogP contribution is -2.07. The zero-order chi connectivity index (χ0) is 13.7. The number of benzene rings is 2. The quantitative estimate of drug-likeness (QED) is 0.901. The first-order valence-electron chi connectivity index (χ1n) is 6.14. The number of rotatable bonds is 4. The Balaban J connectivity index is 2.16. The van der Waals surface area contributed by atoms with Gasteiger partial charge in [-0.25, -0.2) is 0 Å². The van der Waals surface area contributed by atoms with Crippen molar-refractivity contribution < 1.29 is 4.74 Å². The summed E-state index contributed by atoms with van der Waals surface area (Å²) in [5, 5.41) is 12.2. The Hall–Kier alpha value is -2.47. The zero-order valence-electron chi connectivity index (χ0n) is 11.1. The van der Waals surface area contributed by atoms with Crippen molar-refractivity contribution in [2.45, 2.75) is 13.0 Å². The van der Waals surface area contributed by atoms with E-state index in [4.69, 9.17) is 10.00 Å². The van der Waals surface area contributed by atoms with E-state index in [-0.39, 0.29) is 6.04 Å². The maximum Gasteiger partial charge on any atom is 0.141 e. The average Bonchev–Trinajstić information content (AvgIpc) is 2.48. The van der Waals surface area contributed by atoms with Crippen molar-refractivity contribution >= 4 is 5.69 Å². The molecule has 0 radical (unpaired) electrons. The molecule has 3 nitrogen and oxygen atoms in total. The number of hydrogen-bond donors (Lipinski definition) is 1. The number of anilines is 1. The van der Waals surface area contributed by atoms with E-state index in [1.165, 1.54) is 0 Å². The highest BCUT2D eigenvalue weighted by atomic mass is 16.5. The molecule has 0 fully saturated rings. The van der Waals surface area contributed by atoms with Crippen LogP contribution < -0.4 is 10.1 Å². The van der Waals surface area contributed by atoms with Gasteiger partial charge in [0.15, 0.2) is 0 Å². The summed E-state index contributed by atoms with van der Waals surface area (Å²) in [6.07, 6.45) is 0. The maximum absolute atomic E-state index is 8.79. The predicted octanol–water partition coefficient (Wildman–Crippen LogP) is 3.74. The van der Waals surface area contributed by atoms with Gasteiger partial charge in [-0.15, -0.1) is 0 Å². The third-order valence-electron chi connectivity index (χ3n) is 3.02. The van der Waals surface area contributed by atoms with Gasteiger partial charge in [0.25, 0.3) is 0 Å². The molecule has 0 amide bonds. The second-order valence-corrected chi connectivity index (χ2v) is 4.30. The molecule has 0 aliphatic heterocycles. The van der Waals surface area contributed by atoms with Crippen LogP contribution in [0.4, 0.5) is 5.69 Å². The van der Waals surface area contributed by atoms with Gasteiger partial charge in [0.2, 0.25) is 0 Å². The van der Waals surface area contributed by atoms with Gasteiger partial charge < -0.3 is 10.1 Å². The topological polar surface area (TPSA) is 45.0 Å². The molecule has 0 heterocycles. The summed E-state index contributed by atoms with van der Waals surface area (Å²) in [5.41, 5.74) is 2.76. The van der Waals surface area contributed by atoms with Crippen LogP contribution >= 0.6 is 0 Å². The number of nitriles is 1. The largest absolute Gasteiger partial charge is 0.495 e. The fourth-order valence-electron chi connectivity index (χ4n) is 1.93. The van der Waals surface area contributed by atoms with Gasteiger partial charge in [0.1, 0.15) is 5.75 Å². The molecule has 1 unspecified atom stereocenters. The van der Waals surface area contributed by atoms with Gasteiger partial charge in [-0.3, -0.25) is 0 Å². The number of methoxy groups -OCH3 is 1. The monoisotopic (exact) mass is 252 g/mol. The van der Waals surface area contributed by atoms with Crippen molar-refractivity contribution in [3.8, 4) is 11.8 Å². The minimum atomic E-state index is 0.143. The predicted molar refractivity (Wildman–Crippen MR) is 76.2 cm³/mol. The lowest BCUT2D eigenvalue weighted by atomic mass is 10.1. The Bertz CT molecular complexity index is 584. The van der Waals surface area contributed by atoms with Crippen molar-refractivity contribution in [1.29, 1.82) is 5.26 Å². The van der Waals surface area contributed by atoms with E-state index in [0.717, 1.165) is 17.0 Å². The molecule has 0 aliphatic rings. The Morgan fingerprint density at radius 2 is 1.79 bits per heavy atom. The molecule has 1 atom stereocenters. The van der Waals surface area contributed by atoms with Crippen LogP contribution in [0.3, 0.4) is 0 Å². The fourth-order valence-corrected chi connectivity index (χ4v) is 1.93. The molecule has 1 N–H and O–H groups in total. The lowest BCUT2D eigenvalue weighted by Gasteiger charge is -2.17. The van der Waals surface area contributed by atoms with Gasteiger partial charge in [-0.1, -0.05) is 24.3 Å². The van der Waals surface area contributed by atoms with Gasteiger partial charge >= 0.3 is 0 Å². The Morgan fingerprint density at radius 3 is 2.42 bits per heavy atom. The van der Waals surface area contributed by atoms with Crippen LogP contribution in [0, 0.1) is 11.3 Å². The first-order chi connectivity index (χ1) is 9.24. The third kappa shape index (κ3) is 3.05. The first kappa shape index (κ1) is 13.0. The minimum Gasteiger partial charge on any atom is -0.495 e. The molecule has 0 aromatic heterocycles. The zero-order valence-corrected chi connectivity index (χ0v) is 11.1. The van der Waals surface area contributed by atoms with Crippen molar-refractivity contribution in [1.82, 2.24) is 0 Å². The molecule has 2 rings (SSSR count). The Morgan fingerprint density at radius 1 is 1.11 bits per heavy atom. The van der Waals surface area contributed by atoms with Crippen LogP contribution in [0.1, 0.15) is 24.1 Å². The van der Waals surface area contributed by atoms with Crippen molar-refractivity contribution in [3.63, 3.8) is 0 Å². The van der Waals surface area contributed by atoms with Crippen molar-refractivity contribution in [2.75, 3.05) is 12.4 Å². The average molecular weight is 252 g/mol. The van der Waals surface area contributed by atoms with E-state index in [9.17, 15) is 0 Å². The standard InChI is InChI=1S/C16H16N2O/c1-12(14-9-7-13(11-17)8-10-14)18-15-5-3-4-6-16(15)19-2/h3-10,12,18H,1-2H3. The van der Waals surface area contributed by atoms with E-state index in [2.05, 4.69) is 18.3 Å². The van der Waals surface area contributed by atoms with Crippen LogP contribution in [0.15, 0.2) is 48.5 Å². The molecule has 2 aromatic rings. The molecule has 0 spiro atoms. The Labute approximate surface area is 113 Å². The molecule has 19 heavy (non-hydrogen) atoms. The number of ether oxygens (including phenoxy) is 1. The number of nitrogens with one attached hydrogen (secondary N) is 1. The van der Waals surface area contributed by atoms with E-state index in [1.54, 1.807) is 7.11 Å². The Kier molecular flexibility index (Phi) is 4.04. The molecular formula is C16H16N2O. The lowest BCUT2D eigenvalue weighted by molar-refractivity contribution is 0.416. The highest BCUT2D eigenvalue weighted by molar-refractivity contribution is 5.57. The van der Waals surface area contributed by atoms with E-state index < -0.39 is 0 Å². The van der Waals surface area contributed by atoms with Crippen LogP contribution in [-0.4, -0.2) is 7.11 Å². The molecule has 0 saturated heterocycles. The van der Waals surface area contributed by atoms with Crippen LogP contribution in [0.5, 0.6) is 5.75 Å². The highest BCUT2D eigenvalue weighted by Crippen LogP contribution is 2.27. The summed E-state index contributed by atoms with van der Waals surface area (Å²) < 4.78 is 5.31. The van der Waals surface area contributed by atoms with Gasteiger partial charge in [0.05, 0.1) is 24.4 Å². The van der Waals surface area contributed by atoms with Gasteiger partial charge in [0, 0.05) is 6.04 Å². The molecule has 0 aliphatic carbocycles. The molecule has 0 bridgehead atoms. The number of nitrogens with zero attached hydrogens (tertiary/aromatic N) is 1. The second-order valence-electron chi connectivity index (χ2n) is 4.30. The number of para-hydroxylation sites is 2. The van der Waals surface area contributed by atoms with Crippen molar-refractivity contribution in [3.05, 3.63) is 59.7 Å². The molecule has 96 valence electrons. The summed E-state index contributed by atoms with van der Waals surface area (Å²) in [5.74, 6) is 0.822. The summed E-state index contributed by atoms with van der Waals surface area (Å²) in [4.78, 5) is 0. The van der Waals surface area contributed by atoms with Crippen LogP contribution in [0.25, 0.3) is 0 Å². The third-order valence-corrected chi connectivity index (χ3v) is 3.02. The highest BCUT2D eigenvalue weighted by Gasteiger charge is 2.08. The maximum atomic E-state index is 8.79. The summed E-state index contributed by atoms with van der Waals surface area (Å²) in [6.45, 7) is 2.08. The fraction of sp³-hybridized carbons (Fsp3) is 0.188. The van der Waals surface area contributed by atoms with E-state index in [0.29, 0.717) is 5.56 Å². The van der Waals surface area contributed by atoms with E-state index >= 15 is 0 Å². The number of hydrogen-bond acceptors (Lipinski definition) is 3. The van der Waals surface area contributed by atoms with Gasteiger partial charge in [-0.05, 0) is 36.8 Å². The SMILES string of the molecule is COc1ccccc1NC(C)c1ccc(C#N)cc1. The molecule has 3 heteroatoms. The molecule has 2 aromatic carbocycles. The van der Waals surface area contributed by atoms with Crippen LogP contribution in [-0.2, 0) is 0 Å². The van der Waals surface area contributed by atoms with E-state index in [1.807, 2.05) is 48.5 Å². The normalized spacial score (nSPS) is 11.4. The smallest absolute Gasteiger partial charge is 0.141 e.